The first-order valence-corrected chi connectivity index (χ1v) is 4.57. The molecule has 8 heteroatoms. The molecule has 0 saturated heterocycles. The van der Waals surface area contributed by atoms with Crippen molar-refractivity contribution in [1.82, 2.24) is 0 Å². The highest BCUT2D eigenvalue weighted by Crippen LogP contribution is 2.52. The average molecular weight is 278 g/mol. The molecule has 1 atom stereocenters. The molecule has 96 valence electrons. The highest BCUT2D eigenvalue weighted by atomic mass is 32.1. The maximum absolute atomic E-state index is 13.5. The number of hydrogen-bond acceptors (Lipinski definition) is 1. The fourth-order valence-corrected chi connectivity index (χ4v) is 1.32. The summed E-state index contributed by atoms with van der Waals surface area (Å²) in [6.07, 6.45) is -6.10. The van der Waals surface area contributed by atoms with Crippen molar-refractivity contribution < 1.29 is 30.7 Å². The topological polar surface area (TPSA) is 0 Å². The number of hydrogen-bond donors (Lipinski definition) is 1. The predicted molar refractivity (Wildman–Crippen MR) is 49.2 cm³/mol. The molecule has 1 aromatic carbocycles. The Bertz CT molecular complexity index is 393. The quantitative estimate of drug-likeness (QED) is 0.611. The fourth-order valence-electron chi connectivity index (χ4n) is 1.04. The molecule has 0 spiro atoms. The Kier molecular flexibility index (Phi) is 3.39. The number of benzene rings is 1. The van der Waals surface area contributed by atoms with E-state index in [9.17, 15) is 30.7 Å². The molecular weight excluding hydrogens is 273 g/mol. The van der Waals surface area contributed by atoms with Crippen LogP contribution in [0.15, 0.2) is 24.3 Å². The molecule has 17 heavy (non-hydrogen) atoms. The van der Waals surface area contributed by atoms with Gasteiger partial charge in [0.25, 0.3) is 5.00 Å². The van der Waals surface area contributed by atoms with E-state index in [2.05, 4.69) is 12.6 Å². The lowest BCUT2D eigenvalue weighted by atomic mass is 10.0. The van der Waals surface area contributed by atoms with Gasteiger partial charge in [-0.3, -0.25) is 0 Å². The molecule has 0 aliphatic rings. The summed E-state index contributed by atoms with van der Waals surface area (Å²) in [5.74, 6) is -6.59. The monoisotopic (exact) mass is 278 g/mol. The van der Waals surface area contributed by atoms with Crippen LogP contribution in [0.3, 0.4) is 0 Å². The summed E-state index contributed by atoms with van der Waals surface area (Å²) < 4.78 is 87.5. The fraction of sp³-hybridized carbons (Fsp3) is 0.333. The van der Waals surface area contributed by atoms with Crippen LogP contribution in [-0.4, -0.2) is 12.1 Å². The third-order valence-electron chi connectivity index (χ3n) is 2.00. The third-order valence-corrected chi connectivity index (χ3v) is 2.54. The molecule has 1 rings (SSSR count). The molecule has 0 fully saturated rings. The van der Waals surface area contributed by atoms with Crippen LogP contribution < -0.4 is 0 Å². The molecule has 0 bridgehead atoms. The SMILES string of the molecule is Fc1ccc(C(F)(S)C(F)(F)C(F)(F)F)cc1. The summed E-state index contributed by atoms with van der Waals surface area (Å²) in [6, 6.07) is 2.07. The van der Waals surface area contributed by atoms with Gasteiger partial charge in [-0.2, -0.15) is 22.0 Å². The van der Waals surface area contributed by atoms with Gasteiger partial charge in [-0.25, -0.2) is 8.78 Å². The van der Waals surface area contributed by atoms with Crippen LogP contribution >= 0.6 is 12.6 Å². The van der Waals surface area contributed by atoms with E-state index in [0.717, 1.165) is 0 Å². The normalized spacial score (nSPS) is 16.7. The van der Waals surface area contributed by atoms with Crippen molar-refractivity contribution in [3.05, 3.63) is 35.6 Å². The van der Waals surface area contributed by atoms with E-state index in [1.165, 1.54) is 0 Å². The lowest BCUT2D eigenvalue weighted by Gasteiger charge is -2.30. The van der Waals surface area contributed by atoms with E-state index in [1.54, 1.807) is 0 Å². The zero-order valence-electron chi connectivity index (χ0n) is 7.90. The molecule has 0 heterocycles. The molecular formula is C9H5F7S. The second-order valence-corrected chi connectivity index (χ2v) is 3.82. The van der Waals surface area contributed by atoms with Crippen LogP contribution in [0.25, 0.3) is 0 Å². The molecule has 1 unspecified atom stereocenters. The van der Waals surface area contributed by atoms with Crippen molar-refractivity contribution in [2.75, 3.05) is 0 Å². The lowest BCUT2D eigenvalue weighted by molar-refractivity contribution is -0.312. The molecule has 0 saturated carbocycles. The van der Waals surface area contributed by atoms with Gasteiger partial charge in [0, 0.05) is 5.56 Å². The highest BCUT2D eigenvalue weighted by Gasteiger charge is 2.70. The summed E-state index contributed by atoms with van der Waals surface area (Å²) in [4.78, 5) is 0. The van der Waals surface area contributed by atoms with Crippen molar-refractivity contribution in [2.45, 2.75) is 17.1 Å². The van der Waals surface area contributed by atoms with Gasteiger partial charge in [0.15, 0.2) is 0 Å². The smallest absolute Gasteiger partial charge is 0.220 e. The van der Waals surface area contributed by atoms with Crippen molar-refractivity contribution in [1.29, 1.82) is 0 Å². The van der Waals surface area contributed by atoms with Gasteiger partial charge < -0.3 is 0 Å². The summed E-state index contributed by atoms with van der Waals surface area (Å²) in [5.41, 5.74) is -1.08. The van der Waals surface area contributed by atoms with Gasteiger partial charge in [0.05, 0.1) is 0 Å². The average Bonchev–Trinajstić information content (AvgIpc) is 2.16. The van der Waals surface area contributed by atoms with E-state index in [1.807, 2.05) is 0 Å². The van der Waals surface area contributed by atoms with E-state index in [4.69, 9.17) is 0 Å². The second kappa shape index (κ2) is 4.08. The zero-order valence-corrected chi connectivity index (χ0v) is 8.80. The van der Waals surface area contributed by atoms with Crippen LogP contribution in [0.5, 0.6) is 0 Å². The molecule has 0 N–H and O–H groups in total. The predicted octanol–water partition coefficient (Wildman–Crippen LogP) is 4.08. The Hall–Kier alpha value is -0.920. The lowest BCUT2D eigenvalue weighted by Crippen LogP contribution is -2.49. The summed E-state index contributed by atoms with van der Waals surface area (Å²) in [6.45, 7) is 0. The largest absolute Gasteiger partial charge is 0.458 e. The number of alkyl halides is 6. The zero-order chi connectivity index (χ0) is 13.5. The first kappa shape index (κ1) is 14.1. The van der Waals surface area contributed by atoms with Gasteiger partial charge in [-0.05, 0) is 12.1 Å². The summed E-state index contributed by atoms with van der Waals surface area (Å²) >= 11 is 2.73. The molecule has 0 amide bonds. The second-order valence-electron chi connectivity index (χ2n) is 3.20. The first-order valence-electron chi connectivity index (χ1n) is 4.12. The standard InChI is InChI=1S/C9H5F7S/c10-6-3-1-5(2-4-6)7(11,17)8(12,13)9(14,15)16/h1-4,17H. The summed E-state index contributed by atoms with van der Waals surface area (Å²) in [5, 5.41) is -4.26. The maximum atomic E-state index is 13.5. The van der Waals surface area contributed by atoms with Crippen LogP contribution in [0.2, 0.25) is 0 Å². The van der Waals surface area contributed by atoms with Gasteiger partial charge in [-0.15, -0.1) is 12.6 Å². The van der Waals surface area contributed by atoms with Gasteiger partial charge in [0.1, 0.15) is 5.82 Å². The third kappa shape index (κ3) is 2.36. The minimum absolute atomic E-state index is 0.474. The van der Waals surface area contributed by atoms with E-state index < -0.39 is 28.5 Å². The van der Waals surface area contributed by atoms with Crippen LogP contribution in [-0.2, 0) is 5.00 Å². The number of thiol groups is 1. The van der Waals surface area contributed by atoms with Crippen molar-refractivity contribution in [3.63, 3.8) is 0 Å². The number of halogens is 7. The maximum Gasteiger partial charge on any atom is 0.458 e. The highest BCUT2D eigenvalue weighted by molar-refractivity contribution is 7.81. The minimum atomic E-state index is -6.10. The van der Waals surface area contributed by atoms with Crippen LogP contribution in [0.4, 0.5) is 30.7 Å². The van der Waals surface area contributed by atoms with Gasteiger partial charge in [-0.1, -0.05) is 12.1 Å². The van der Waals surface area contributed by atoms with Crippen LogP contribution in [0, 0.1) is 5.82 Å². The Labute approximate surface area is 96.8 Å². The van der Waals surface area contributed by atoms with Crippen molar-refractivity contribution in [2.24, 2.45) is 0 Å². The minimum Gasteiger partial charge on any atom is -0.220 e. The van der Waals surface area contributed by atoms with Gasteiger partial charge >= 0.3 is 12.1 Å². The van der Waals surface area contributed by atoms with E-state index in [-0.39, 0.29) is 0 Å². The van der Waals surface area contributed by atoms with Crippen molar-refractivity contribution >= 4 is 12.6 Å². The van der Waals surface area contributed by atoms with Gasteiger partial charge in [0.2, 0.25) is 0 Å². The van der Waals surface area contributed by atoms with E-state index in [0.29, 0.717) is 24.3 Å². The molecule has 0 aliphatic heterocycles. The summed E-state index contributed by atoms with van der Waals surface area (Å²) in [7, 11) is 0. The Morgan fingerprint density at radius 1 is 0.824 bits per heavy atom. The Balaban J connectivity index is 3.23. The molecule has 0 nitrogen and oxygen atoms in total. The molecule has 1 aromatic rings. The van der Waals surface area contributed by atoms with E-state index >= 15 is 0 Å². The number of rotatable bonds is 2. The van der Waals surface area contributed by atoms with Crippen LogP contribution in [0.1, 0.15) is 5.56 Å². The Morgan fingerprint density at radius 2 is 1.24 bits per heavy atom. The first-order chi connectivity index (χ1) is 7.50. The Morgan fingerprint density at radius 3 is 1.59 bits per heavy atom. The molecule has 0 radical (unpaired) electrons. The van der Waals surface area contributed by atoms with Crippen molar-refractivity contribution in [3.8, 4) is 0 Å². The molecule has 0 aromatic heterocycles. The molecule has 0 aliphatic carbocycles.